The number of benzene rings is 1. The Kier molecular flexibility index (Phi) is 6.49. The van der Waals surface area contributed by atoms with E-state index in [0.717, 1.165) is 24.2 Å². The van der Waals surface area contributed by atoms with Crippen molar-refractivity contribution in [2.45, 2.75) is 45.8 Å². The predicted molar refractivity (Wildman–Crippen MR) is 95.1 cm³/mol. The number of carbonyl (C=O) groups excluding carboxylic acids is 1. The molecule has 2 rings (SSSR count). The number of hydrogen-bond donors (Lipinski definition) is 2. The Morgan fingerprint density at radius 3 is 2.75 bits per heavy atom. The number of methoxy groups -OCH3 is 1. The summed E-state index contributed by atoms with van der Waals surface area (Å²) in [6, 6.07) is 7.59. The Bertz CT molecular complexity index is 547. The highest BCUT2D eigenvalue weighted by Crippen LogP contribution is 2.29. The summed E-state index contributed by atoms with van der Waals surface area (Å²) in [6.07, 6.45) is 1.22. The number of ether oxygens (including phenoxy) is 1. The molecule has 5 nitrogen and oxygen atoms in total. The minimum absolute atomic E-state index is 0.106. The van der Waals surface area contributed by atoms with Crippen LogP contribution >= 0.6 is 0 Å². The maximum absolute atomic E-state index is 12.7. The highest BCUT2D eigenvalue weighted by Gasteiger charge is 2.29. The highest BCUT2D eigenvalue weighted by molar-refractivity contribution is 5.75. The summed E-state index contributed by atoms with van der Waals surface area (Å²) in [6.45, 7) is 7.38. The van der Waals surface area contributed by atoms with Gasteiger partial charge in [-0.15, -0.1) is 0 Å². The van der Waals surface area contributed by atoms with Crippen molar-refractivity contribution in [1.82, 2.24) is 10.2 Å². The zero-order valence-electron chi connectivity index (χ0n) is 15.2. The Hall–Kier alpha value is -1.75. The smallest absolute Gasteiger partial charge is 0.317 e. The van der Waals surface area contributed by atoms with E-state index in [-0.39, 0.29) is 18.0 Å². The summed E-state index contributed by atoms with van der Waals surface area (Å²) in [5, 5.41) is 13.2. The van der Waals surface area contributed by atoms with Gasteiger partial charge >= 0.3 is 6.03 Å². The Balaban J connectivity index is 2.12. The summed E-state index contributed by atoms with van der Waals surface area (Å²) < 4.78 is 5.46. The average Bonchev–Trinajstić information content (AvgIpc) is 2.56. The molecule has 0 aliphatic carbocycles. The third kappa shape index (κ3) is 4.63. The summed E-state index contributed by atoms with van der Waals surface area (Å²) in [4.78, 5) is 14.4. The van der Waals surface area contributed by atoms with Gasteiger partial charge in [0.25, 0.3) is 0 Å². The van der Waals surface area contributed by atoms with Gasteiger partial charge < -0.3 is 20.1 Å². The van der Waals surface area contributed by atoms with E-state index in [1.807, 2.05) is 31.2 Å². The Morgan fingerprint density at radius 1 is 1.42 bits per heavy atom. The van der Waals surface area contributed by atoms with E-state index in [1.165, 1.54) is 0 Å². The second-order valence-corrected chi connectivity index (χ2v) is 7.15. The minimum Gasteiger partial charge on any atom is -0.496 e. The number of aliphatic hydroxyl groups is 1. The summed E-state index contributed by atoms with van der Waals surface area (Å²) >= 11 is 0. The van der Waals surface area contributed by atoms with Crippen molar-refractivity contribution in [2.24, 2.45) is 11.8 Å². The van der Waals surface area contributed by atoms with Crippen LogP contribution < -0.4 is 10.1 Å². The molecule has 3 unspecified atom stereocenters. The SMILES string of the molecule is COc1ccccc1C(CC(C)C)NC(=O)N1CCC(C)C(O)C1. The van der Waals surface area contributed by atoms with Gasteiger partial charge in [-0.1, -0.05) is 39.0 Å². The molecule has 1 aromatic rings. The first-order chi connectivity index (χ1) is 11.4. The van der Waals surface area contributed by atoms with Crippen LogP contribution in [0.25, 0.3) is 0 Å². The molecule has 1 saturated heterocycles. The first-order valence-electron chi connectivity index (χ1n) is 8.78. The predicted octanol–water partition coefficient (Wildman–Crippen LogP) is 3.19. The number of likely N-dealkylation sites (tertiary alicyclic amines) is 1. The van der Waals surface area contributed by atoms with E-state index in [1.54, 1.807) is 12.0 Å². The van der Waals surface area contributed by atoms with Crippen LogP contribution in [-0.2, 0) is 0 Å². The number of para-hydroxylation sites is 1. The number of nitrogens with zero attached hydrogens (tertiary/aromatic N) is 1. The standard InChI is InChI=1S/C19H30N2O3/c1-13(2)11-16(15-7-5-6-8-18(15)24-4)20-19(23)21-10-9-14(3)17(22)12-21/h5-8,13-14,16-17,22H,9-12H2,1-4H3,(H,20,23). The molecule has 3 atom stereocenters. The maximum Gasteiger partial charge on any atom is 0.317 e. The summed E-state index contributed by atoms with van der Waals surface area (Å²) in [5.74, 6) is 1.47. The van der Waals surface area contributed by atoms with Crippen molar-refractivity contribution in [3.05, 3.63) is 29.8 Å². The van der Waals surface area contributed by atoms with Gasteiger partial charge in [0.2, 0.25) is 0 Å². The highest BCUT2D eigenvalue weighted by atomic mass is 16.5. The number of aliphatic hydroxyl groups excluding tert-OH is 1. The molecule has 0 saturated carbocycles. The van der Waals surface area contributed by atoms with E-state index in [0.29, 0.717) is 19.0 Å². The number of nitrogens with one attached hydrogen (secondary N) is 1. The van der Waals surface area contributed by atoms with Crippen molar-refractivity contribution in [1.29, 1.82) is 0 Å². The van der Waals surface area contributed by atoms with Crippen LogP contribution in [0.3, 0.4) is 0 Å². The molecule has 5 heteroatoms. The molecule has 0 radical (unpaired) electrons. The Morgan fingerprint density at radius 2 is 2.12 bits per heavy atom. The fraction of sp³-hybridized carbons (Fsp3) is 0.632. The summed E-state index contributed by atoms with van der Waals surface area (Å²) in [7, 11) is 1.65. The van der Waals surface area contributed by atoms with Crippen molar-refractivity contribution >= 4 is 6.03 Å². The third-order valence-corrected chi connectivity index (χ3v) is 4.73. The molecular formula is C19H30N2O3. The van der Waals surface area contributed by atoms with E-state index in [2.05, 4.69) is 19.2 Å². The monoisotopic (exact) mass is 334 g/mol. The van der Waals surface area contributed by atoms with Crippen molar-refractivity contribution < 1.29 is 14.6 Å². The fourth-order valence-corrected chi connectivity index (χ4v) is 3.16. The van der Waals surface area contributed by atoms with Crippen LogP contribution in [0.2, 0.25) is 0 Å². The number of piperidine rings is 1. The topological polar surface area (TPSA) is 61.8 Å². The van der Waals surface area contributed by atoms with Gasteiger partial charge in [0, 0.05) is 18.7 Å². The number of urea groups is 1. The van der Waals surface area contributed by atoms with Crippen LogP contribution in [-0.4, -0.2) is 42.3 Å². The van der Waals surface area contributed by atoms with Crippen molar-refractivity contribution in [2.75, 3.05) is 20.2 Å². The van der Waals surface area contributed by atoms with Crippen LogP contribution in [0.5, 0.6) is 5.75 Å². The lowest BCUT2D eigenvalue weighted by Crippen LogP contribution is -2.50. The van der Waals surface area contributed by atoms with Crippen LogP contribution in [0, 0.1) is 11.8 Å². The number of rotatable bonds is 5. The average molecular weight is 334 g/mol. The number of carbonyl (C=O) groups is 1. The number of β-amino-alcohol motifs (C(OH)–C–C–N with tert-alkyl or cyclic N) is 1. The third-order valence-electron chi connectivity index (χ3n) is 4.73. The molecule has 2 N–H and O–H groups in total. The molecule has 0 bridgehead atoms. The quantitative estimate of drug-likeness (QED) is 0.869. The van der Waals surface area contributed by atoms with Crippen molar-refractivity contribution in [3.8, 4) is 5.75 Å². The molecule has 1 aromatic carbocycles. The van der Waals surface area contributed by atoms with Crippen molar-refractivity contribution in [3.63, 3.8) is 0 Å². The fourth-order valence-electron chi connectivity index (χ4n) is 3.16. The van der Waals surface area contributed by atoms with Gasteiger partial charge in [-0.05, 0) is 30.7 Å². The van der Waals surface area contributed by atoms with Gasteiger partial charge in [-0.25, -0.2) is 4.79 Å². The zero-order chi connectivity index (χ0) is 17.7. The second kappa shape index (κ2) is 8.38. The lowest BCUT2D eigenvalue weighted by Gasteiger charge is -2.35. The first-order valence-corrected chi connectivity index (χ1v) is 8.78. The van der Waals surface area contributed by atoms with Crippen LogP contribution in [0.4, 0.5) is 4.79 Å². The maximum atomic E-state index is 12.7. The molecule has 24 heavy (non-hydrogen) atoms. The lowest BCUT2D eigenvalue weighted by molar-refractivity contribution is 0.0428. The lowest BCUT2D eigenvalue weighted by atomic mass is 9.95. The molecule has 0 aromatic heterocycles. The molecule has 1 aliphatic rings. The van der Waals surface area contributed by atoms with Crippen LogP contribution in [0.1, 0.15) is 45.2 Å². The molecular weight excluding hydrogens is 304 g/mol. The minimum atomic E-state index is -0.445. The molecule has 2 amide bonds. The molecule has 1 fully saturated rings. The number of hydrogen-bond acceptors (Lipinski definition) is 3. The Labute approximate surface area is 145 Å². The zero-order valence-corrected chi connectivity index (χ0v) is 15.2. The molecule has 1 heterocycles. The van der Waals surface area contributed by atoms with Gasteiger partial charge in [0.1, 0.15) is 5.75 Å². The largest absolute Gasteiger partial charge is 0.496 e. The number of amides is 2. The van der Waals surface area contributed by atoms with Gasteiger partial charge in [0.15, 0.2) is 0 Å². The first kappa shape index (κ1) is 18.6. The van der Waals surface area contributed by atoms with E-state index < -0.39 is 6.10 Å². The molecule has 0 spiro atoms. The van der Waals surface area contributed by atoms with Gasteiger partial charge in [-0.2, -0.15) is 0 Å². The van der Waals surface area contributed by atoms with Gasteiger partial charge in [0.05, 0.1) is 19.3 Å². The van der Waals surface area contributed by atoms with Crippen LogP contribution in [0.15, 0.2) is 24.3 Å². The normalized spacial score (nSPS) is 22.3. The van der Waals surface area contributed by atoms with E-state index >= 15 is 0 Å². The van der Waals surface area contributed by atoms with Gasteiger partial charge in [-0.3, -0.25) is 0 Å². The van der Waals surface area contributed by atoms with E-state index in [9.17, 15) is 9.90 Å². The molecule has 1 aliphatic heterocycles. The second-order valence-electron chi connectivity index (χ2n) is 7.15. The van der Waals surface area contributed by atoms with E-state index in [4.69, 9.17) is 4.74 Å². The molecule has 134 valence electrons. The summed E-state index contributed by atoms with van der Waals surface area (Å²) in [5.41, 5.74) is 0.993.